The zero-order chi connectivity index (χ0) is 13.3. The van der Waals surface area contributed by atoms with Gasteiger partial charge in [-0.15, -0.1) is 0 Å². The smallest absolute Gasteiger partial charge is 0.339 e. The first-order valence-corrected chi connectivity index (χ1v) is 6.93. The molecule has 1 aliphatic rings. The van der Waals surface area contributed by atoms with Gasteiger partial charge in [-0.25, -0.2) is 9.78 Å². The molecule has 18 heavy (non-hydrogen) atoms. The average molecular weight is 313 g/mol. The Bertz CT molecular complexity index is 464. The third-order valence-corrected chi connectivity index (χ3v) is 4.31. The number of pyridine rings is 1. The zero-order valence-electron chi connectivity index (χ0n) is 10.5. The fourth-order valence-corrected chi connectivity index (χ4v) is 2.79. The molecule has 4 nitrogen and oxygen atoms in total. The number of nitrogens with zero attached hydrogens (tertiary/aromatic N) is 1. The number of halogens is 1. The van der Waals surface area contributed by atoms with Crippen LogP contribution in [0.25, 0.3) is 0 Å². The van der Waals surface area contributed by atoms with Gasteiger partial charge in [-0.3, -0.25) is 0 Å². The Balaban J connectivity index is 2.21. The molecule has 0 saturated heterocycles. The fraction of sp³-hybridized carbons (Fsp3) is 0.538. The maximum absolute atomic E-state index is 11.2. The Kier molecular flexibility index (Phi) is 3.90. The van der Waals surface area contributed by atoms with E-state index in [9.17, 15) is 9.90 Å². The summed E-state index contributed by atoms with van der Waals surface area (Å²) in [6.45, 7) is 4.44. The van der Waals surface area contributed by atoms with Gasteiger partial charge in [0.15, 0.2) is 0 Å². The van der Waals surface area contributed by atoms with Gasteiger partial charge in [-0.1, -0.05) is 13.8 Å². The SMILES string of the molecule is CC1CCC(Nc2ncc(Br)cc2C(=O)O)C1C. The second kappa shape index (κ2) is 5.26. The average Bonchev–Trinajstić information content (AvgIpc) is 2.63. The van der Waals surface area contributed by atoms with Gasteiger partial charge in [0.1, 0.15) is 11.4 Å². The van der Waals surface area contributed by atoms with Gasteiger partial charge < -0.3 is 10.4 Å². The number of carboxylic acid groups (broad SMARTS) is 1. The molecule has 98 valence electrons. The highest BCUT2D eigenvalue weighted by atomic mass is 79.9. The summed E-state index contributed by atoms with van der Waals surface area (Å²) >= 11 is 3.25. The minimum Gasteiger partial charge on any atom is -0.478 e. The Morgan fingerprint density at radius 1 is 1.50 bits per heavy atom. The van der Waals surface area contributed by atoms with Crippen molar-refractivity contribution in [3.8, 4) is 0 Å². The van der Waals surface area contributed by atoms with Crippen LogP contribution in [0.4, 0.5) is 5.82 Å². The van der Waals surface area contributed by atoms with Crippen LogP contribution in [0.3, 0.4) is 0 Å². The highest BCUT2D eigenvalue weighted by Gasteiger charge is 2.30. The van der Waals surface area contributed by atoms with E-state index < -0.39 is 5.97 Å². The van der Waals surface area contributed by atoms with Crippen molar-refractivity contribution in [2.24, 2.45) is 11.8 Å². The zero-order valence-corrected chi connectivity index (χ0v) is 12.1. The first-order valence-electron chi connectivity index (χ1n) is 6.14. The van der Waals surface area contributed by atoms with Crippen LogP contribution in [0.1, 0.15) is 37.0 Å². The maximum atomic E-state index is 11.2. The highest BCUT2D eigenvalue weighted by Crippen LogP contribution is 2.33. The third kappa shape index (κ3) is 2.66. The molecule has 2 N–H and O–H groups in total. The van der Waals surface area contributed by atoms with E-state index in [4.69, 9.17) is 0 Å². The lowest BCUT2D eigenvalue weighted by Gasteiger charge is -2.21. The number of aromatic nitrogens is 1. The Morgan fingerprint density at radius 2 is 2.22 bits per heavy atom. The number of rotatable bonds is 3. The molecule has 1 aromatic rings. The number of hydrogen-bond acceptors (Lipinski definition) is 3. The lowest BCUT2D eigenvalue weighted by Crippen LogP contribution is -2.25. The standard InChI is InChI=1S/C13H17BrN2O2/c1-7-3-4-11(8(7)2)16-12-10(13(17)18)5-9(14)6-15-12/h5-8,11H,3-4H2,1-2H3,(H,15,16)(H,17,18). The Hall–Kier alpha value is -1.10. The predicted molar refractivity (Wildman–Crippen MR) is 73.9 cm³/mol. The van der Waals surface area contributed by atoms with E-state index in [2.05, 4.69) is 40.1 Å². The first-order chi connectivity index (χ1) is 8.49. The van der Waals surface area contributed by atoms with Crippen molar-refractivity contribution in [1.82, 2.24) is 4.98 Å². The van der Waals surface area contributed by atoms with Crippen molar-refractivity contribution < 1.29 is 9.90 Å². The topological polar surface area (TPSA) is 62.2 Å². The van der Waals surface area contributed by atoms with Crippen molar-refractivity contribution in [2.45, 2.75) is 32.7 Å². The molecule has 5 heteroatoms. The number of hydrogen-bond donors (Lipinski definition) is 2. The van der Waals surface area contributed by atoms with Crippen molar-refractivity contribution in [3.63, 3.8) is 0 Å². The fourth-order valence-electron chi connectivity index (χ4n) is 2.46. The van der Waals surface area contributed by atoms with Crippen LogP contribution in [0.2, 0.25) is 0 Å². The number of nitrogens with one attached hydrogen (secondary N) is 1. The molecule has 0 radical (unpaired) electrons. The summed E-state index contributed by atoms with van der Waals surface area (Å²) in [4.78, 5) is 15.4. The summed E-state index contributed by atoms with van der Waals surface area (Å²) in [5, 5.41) is 12.5. The molecule has 0 spiro atoms. The molecule has 0 bridgehead atoms. The lowest BCUT2D eigenvalue weighted by molar-refractivity contribution is 0.0697. The lowest BCUT2D eigenvalue weighted by atomic mass is 9.98. The van der Waals surface area contributed by atoms with E-state index in [0.717, 1.165) is 6.42 Å². The molecule has 1 saturated carbocycles. The summed E-state index contributed by atoms with van der Waals surface area (Å²) in [7, 11) is 0. The van der Waals surface area contributed by atoms with Crippen LogP contribution >= 0.6 is 15.9 Å². The normalized spacial score (nSPS) is 27.2. The summed E-state index contributed by atoms with van der Waals surface area (Å²) in [6.07, 6.45) is 3.87. The molecule has 1 aliphatic carbocycles. The molecule has 1 heterocycles. The maximum Gasteiger partial charge on any atom is 0.339 e. The summed E-state index contributed by atoms with van der Waals surface area (Å²) < 4.78 is 0.679. The second-order valence-corrected chi connectivity index (χ2v) is 5.94. The Morgan fingerprint density at radius 3 is 2.78 bits per heavy atom. The molecule has 1 aromatic heterocycles. The number of anilines is 1. The Labute approximate surface area is 115 Å². The van der Waals surface area contributed by atoms with Gasteiger partial charge in [-0.05, 0) is 46.7 Å². The number of carboxylic acids is 1. The summed E-state index contributed by atoms with van der Waals surface area (Å²) in [5.41, 5.74) is 0.219. The third-order valence-electron chi connectivity index (χ3n) is 3.87. The van der Waals surface area contributed by atoms with Crippen molar-refractivity contribution in [2.75, 3.05) is 5.32 Å². The van der Waals surface area contributed by atoms with E-state index in [1.165, 1.54) is 6.42 Å². The van der Waals surface area contributed by atoms with Crippen LogP contribution in [0.5, 0.6) is 0 Å². The van der Waals surface area contributed by atoms with Crippen LogP contribution in [0, 0.1) is 11.8 Å². The highest BCUT2D eigenvalue weighted by molar-refractivity contribution is 9.10. The molecule has 3 unspecified atom stereocenters. The van der Waals surface area contributed by atoms with Crippen LogP contribution in [-0.2, 0) is 0 Å². The van der Waals surface area contributed by atoms with Gasteiger partial charge in [0.25, 0.3) is 0 Å². The monoisotopic (exact) mass is 312 g/mol. The van der Waals surface area contributed by atoms with Crippen molar-refractivity contribution in [1.29, 1.82) is 0 Å². The van der Waals surface area contributed by atoms with Crippen LogP contribution in [-0.4, -0.2) is 22.1 Å². The molecule has 0 amide bonds. The van der Waals surface area contributed by atoms with E-state index in [1.807, 2.05) is 0 Å². The van der Waals surface area contributed by atoms with Gasteiger partial charge in [0, 0.05) is 16.7 Å². The van der Waals surface area contributed by atoms with Crippen molar-refractivity contribution in [3.05, 3.63) is 22.3 Å². The van der Waals surface area contributed by atoms with Gasteiger partial charge in [0.2, 0.25) is 0 Å². The number of aromatic carboxylic acids is 1. The number of carbonyl (C=O) groups is 1. The molecular weight excluding hydrogens is 296 g/mol. The predicted octanol–water partition coefficient (Wildman–Crippen LogP) is 3.39. The van der Waals surface area contributed by atoms with Crippen molar-refractivity contribution >= 4 is 27.7 Å². The molecule has 3 atom stereocenters. The first kappa shape index (κ1) is 13.3. The van der Waals surface area contributed by atoms with Crippen LogP contribution in [0.15, 0.2) is 16.7 Å². The molecule has 2 rings (SSSR count). The van der Waals surface area contributed by atoms with E-state index in [1.54, 1.807) is 12.3 Å². The molecule has 0 aromatic carbocycles. The van der Waals surface area contributed by atoms with E-state index >= 15 is 0 Å². The van der Waals surface area contributed by atoms with E-state index in [-0.39, 0.29) is 5.56 Å². The summed E-state index contributed by atoms with van der Waals surface area (Å²) in [6, 6.07) is 1.90. The minimum atomic E-state index is -0.954. The minimum absolute atomic E-state index is 0.219. The molecule has 1 fully saturated rings. The quantitative estimate of drug-likeness (QED) is 0.898. The molecule has 0 aliphatic heterocycles. The summed E-state index contributed by atoms with van der Waals surface area (Å²) in [5.74, 6) is 0.727. The van der Waals surface area contributed by atoms with Crippen LogP contribution < -0.4 is 5.32 Å². The largest absolute Gasteiger partial charge is 0.478 e. The molecular formula is C13H17BrN2O2. The van der Waals surface area contributed by atoms with Gasteiger partial charge >= 0.3 is 5.97 Å². The van der Waals surface area contributed by atoms with Gasteiger partial charge in [0.05, 0.1) is 0 Å². The van der Waals surface area contributed by atoms with E-state index in [0.29, 0.717) is 28.2 Å². The van der Waals surface area contributed by atoms with Gasteiger partial charge in [-0.2, -0.15) is 0 Å². The second-order valence-electron chi connectivity index (χ2n) is 5.02.